The zero-order valence-electron chi connectivity index (χ0n) is 24.4. The molecule has 0 bridgehead atoms. The van der Waals surface area contributed by atoms with Crippen molar-refractivity contribution in [2.45, 2.75) is 64.2 Å². The molecule has 1 heterocycles. The van der Waals surface area contributed by atoms with Crippen LogP contribution >= 0.6 is 0 Å². The highest BCUT2D eigenvalue weighted by molar-refractivity contribution is 5.84. The lowest BCUT2D eigenvalue weighted by Gasteiger charge is -2.42. The Bertz CT molecular complexity index is 1390. The van der Waals surface area contributed by atoms with Gasteiger partial charge in [0.2, 0.25) is 0 Å². The molecule has 1 aliphatic carbocycles. The fourth-order valence-electron chi connectivity index (χ4n) is 6.60. The fourth-order valence-corrected chi connectivity index (χ4v) is 6.60. The Morgan fingerprint density at radius 3 is 2.02 bits per heavy atom. The van der Waals surface area contributed by atoms with Gasteiger partial charge in [0.15, 0.2) is 5.96 Å². The standard InChI is InChI=1S/C37H42N4O/c38-37-39-35-22-21-34(42-33-19-11-4-12-20-33)25-32(35)28-41(37)36(31-17-9-3-10-18-31)23-24-40(26-29-13-5-1-6-14-29)27-30-15-7-2-8-16-30/h1-2,4-8,11-16,19-22,25,31,36H,3,9-10,17-18,23-24,26-28H2,(H2,38,39)/t36-/m0/s1. The van der Waals surface area contributed by atoms with E-state index in [0.29, 0.717) is 17.9 Å². The second kappa shape index (κ2) is 13.7. The smallest absolute Gasteiger partial charge is 0.197 e. The van der Waals surface area contributed by atoms with Crippen molar-refractivity contribution >= 4 is 11.6 Å². The molecular formula is C37H42N4O. The minimum atomic E-state index is 0.343. The van der Waals surface area contributed by atoms with E-state index in [4.69, 9.17) is 15.5 Å². The highest BCUT2D eigenvalue weighted by atomic mass is 16.5. The third kappa shape index (κ3) is 7.21. The molecule has 0 aromatic heterocycles. The average Bonchev–Trinajstić information content (AvgIpc) is 3.03. The van der Waals surface area contributed by atoms with Crippen LogP contribution in [-0.2, 0) is 19.6 Å². The summed E-state index contributed by atoms with van der Waals surface area (Å²) in [4.78, 5) is 9.90. The lowest BCUT2D eigenvalue weighted by atomic mass is 9.81. The first kappa shape index (κ1) is 28.0. The van der Waals surface area contributed by atoms with Crippen molar-refractivity contribution in [1.82, 2.24) is 9.80 Å². The number of guanidine groups is 1. The van der Waals surface area contributed by atoms with Crippen LogP contribution in [0.2, 0.25) is 0 Å². The molecule has 6 rings (SSSR count). The Labute approximate surface area is 250 Å². The number of para-hydroxylation sites is 1. The van der Waals surface area contributed by atoms with Crippen LogP contribution in [0.15, 0.2) is 114 Å². The van der Waals surface area contributed by atoms with Crippen LogP contribution in [0.25, 0.3) is 0 Å². The van der Waals surface area contributed by atoms with Gasteiger partial charge in [-0.25, -0.2) is 4.99 Å². The topological polar surface area (TPSA) is 54.1 Å². The van der Waals surface area contributed by atoms with Crippen LogP contribution in [0.3, 0.4) is 0 Å². The van der Waals surface area contributed by atoms with Gasteiger partial charge in [-0.2, -0.15) is 0 Å². The molecule has 4 aromatic rings. The van der Waals surface area contributed by atoms with E-state index in [0.717, 1.165) is 49.8 Å². The summed E-state index contributed by atoms with van der Waals surface area (Å²) in [6.07, 6.45) is 7.51. The second-order valence-corrected chi connectivity index (χ2v) is 11.7. The van der Waals surface area contributed by atoms with Gasteiger partial charge in [-0.3, -0.25) is 4.90 Å². The number of aliphatic imine (C=N–C) groups is 1. The van der Waals surface area contributed by atoms with Crippen molar-refractivity contribution in [2.75, 3.05) is 6.54 Å². The lowest BCUT2D eigenvalue weighted by Crippen LogP contribution is -2.50. The van der Waals surface area contributed by atoms with E-state index < -0.39 is 0 Å². The van der Waals surface area contributed by atoms with Crippen LogP contribution in [0.4, 0.5) is 5.69 Å². The van der Waals surface area contributed by atoms with Crippen molar-refractivity contribution in [3.8, 4) is 11.5 Å². The molecule has 0 radical (unpaired) electrons. The molecule has 216 valence electrons. The third-order valence-electron chi connectivity index (χ3n) is 8.73. The molecule has 1 atom stereocenters. The van der Waals surface area contributed by atoms with E-state index in [1.54, 1.807) is 0 Å². The number of nitrogens with zero attached hydrogens (tertiary/aromatic N) is 3. The van der Waals surface area contributed by atoms with Gasteiger partial charge in [-0.1, -0.05) is 98.1 Å². The summed E-state index contributed by atoms with van der Waals surface area (Å²) in [6, 6.07) is 38.1. The summed E-state index contributed by atoms with van der Waals surface area (Å²) in [5, 5.41) is 0. The minimum absolute atomic E-state index is 0.343. The number of rotatable bonds is 11. The predicted molar refractivity (Wildman–Crippen MR) is 172 cm³/mol. The Morgan fingerprint density at radius 2 is 1.38 bits per heavy atom. The zero-order chi connectivity index (χ0) is 28.6. The van der Waals surface area contributed by atoms with Gasteiger partial charge in [0.1, 0.15) is 11.5 Å². The van der Waals surface area contributed by atoms with E-state index >= 15 is 0 Å². The summed E-state index contributed by atoms with van der Waals surface area (Å²) in [7, 11) is 0. The number of hydrogen-bond acceptors (Lipinski definition) is 5. The number of hydrogen-bond donors (Lipinski definition) is 1. The number of benzene rings is 4. The molecule has 1 aliphatic heterocycles. The van der Waals surface area contributed by atoms with Gasteiger partial charge < -0.3 is 15.4 Å². The average molecular weight is 559 g/mol. The molecule has 1 saturated carbocycles. The van der Waals surface area contributed by atoms with Crippen LogP contribution in [0, 0.1) is 5.92 Å². The molecular weight excluding hydrogens is 516 g/mol. The van der Waals surface area contributed by atoms with E-state index in [-0.39, 0.29) is 0 Å². The lowest BCUT2D eigenvalue weighted by molar-refractivity contribution is 0.140. The van der Waals surface area contributed by atoms with Crippen LogP contribution < -0.4 is 10.5 Å². The van der Waals surface area contributed by atoms with Gasteiger partial charge in [0.05, 0.1) is 5.69 Å². The van der Waals surface area contributed by atoms with Crippen LogP contribution in [0.5, 0.6) is 11.5 Å². The van der Waals surface area contributed by atoms with E-state index in [1.807, 2.05) is 42.5 Å². The van der Waals surface area contributed by atoms with Crippen molar-refractivity contribution in [3.63, 3.8) is 0 Å². The highest BCUT2D eigenvalue weighted by Gasteiger charge is 2.32. The summed E-state index contributed by atoms with van der Waals surface area (Å²) in [5.74, 6) is 2.94. The molecule has 2 aliphatic rings. The molecule has 0 unspecified atom stereocenters. The Morgan fingerprint density at radius 1 is 0.762 bits per heavy atom. The molecule has 0 amide bonds. The molecule has 5 nitrogen and oxygen atoms in total. The predicted octanol–water partition coefficient (Wildman–Crippen LogP) is 8.28. The number of nitrogens with two attached hydrogens (primary N) is 1. The zero-order valence-corrected chi connectivity index (χ0v) is 24.4. The maximum atomic E-state index is 6.75. The minimum Gasteiger partial charge on any atom is -0.457 e. The first-order chi connectivity index (χ1) is 20.7. The fraction of sp³-hybridized carbons (Fsp3) is 0.324. The Balaban J connectivity index is 1.22. The van der Waals surface area contributed by atoms with E-state index in [1.165, 1.54) is 48.8 Å². The van der Waals surface area contributed by atoms with Gasteiger partial charge >= 0.3 is 0 Å². The molecule has 4 aromatic carbocycles. The SMILES string of the molecule is NC1=Nc2ccc(Oc3ccccc3)cc2CN1[C@@H](CCN(Cc1ccccc1)Cc1ccccc1)C1CCCCC1. The third-order valence-corrected chi connectivity index (χ3v) is 8.73. The quantitative estimate of drug-likeness (QED) is 0.201. The molecule has 2 N–H and O–H groups in total. The van der Waals surface area contributed by atoms with Crippen LogP contribution in [0.1, 0.15) is 55.2 Å². The molecule has 1 fully saturated rings. The van der Waals surface area contributed by atoms with Crippen molar-refractivity contribution in [3.05, 3.63) is 126 Å². The molecule has 0 saturated heterocycles. The first-order valence-corrected chi connectivity index (χ1v) is 15.5. The summed E-state index contributed by atoms with van der Waals surface area (Å²) in [6.45, 7) is 3.62. The summed E-state index contributed by atoms with van der Waals surface area (Å²) < 4.78 is 6.17. The van der Waals surface area contributed by atoms with Crippen molar-refractivity contribution in [1.29, 1.82) is 0 Å². The van der Waals surface area contributed by atoms with Crippen LogP contribution in [-0.4, -0.2) is 28.3 Å². The highest BCUT2D eigenvalue weighted by Crippen LogP contribution is 2.36. The maximum absolute atomic E-state index is 6.75. The van der Waals surface area contributed by atoms with E-state index in [2.05, 4.69) is 76.5 Å². The Hall–Kier alpha value is -4.09. The van der Waals surface area contributed by atoms with Gasteiger partial charge in [-0.15, -0.1) is 0 Å². The van der Waals surface area contributed by atoms with Gasteiger partial charge in [0.25, 0.3) is 0 Å². The number of fused-ring (bicyclic) bond motifs is 1. The monoisotopic (exact) mass is 558 g/mol. The summed E-state index contributed by atoms with van der Waals surface area (Å²) in [5.41, 5.74) is 11.6. The molecule has 5 heteroatoms. The number of ether oxygens (including phenoxy) is 1. The first-order valence-electron chi connectivity index (χ1n) is 15.5. The summed E-state index contributed by atoms with van der Waals surface area (Å²) >= 11 is 0. The maximum Gasteiger partial charge on any atom is 0.197 e. The molecule has 0 spiro atoms. The van der Waals surface area contributed by atoms with Gasteiger partial charge in [-0.05, 0) is 66.6 Å². The van der Waals surface area contributed by atoms with Crippen molar-refractivity contribution in [2.24, 2.45) is 16.6 Å². The second-order valence-electron chi connectivity index (χ2n) is 11.7. The van der Waals surface area contributed by atoms with Crippen molar-refractivity contribution < 1.29 is 4.74 Å². The van der Waals surface area contributed by atoms with E-state index in [9.17, 15) is 0 Å². The molecule has 42 heavy (non-hydrogen) atoms. The normalized spacial score (nSPS) is 16.1. The van der Waals surface area contributed by atoms with Gasteiger partial charge in [0, 0.05) is 37.8 Å². The Kier molecular flexibility index (Phi) is 9.16. The largest absolute Gasteiger partial charge is 0.457 e.